The molecule has 0 saturated carbocycles. The Bertz CT molecular complexity index is 2930. The van der Waals surface area contributed by atoms with E-state index in [2.05, 4.69) is 0 Å². The van der Waals surface area contributed by atoms with E-state index in [-0.39, 0.29) is 59.8 Å². The molecule has 2 spiro atoms. The van der Waals surface area contributed by atoms with Crippen LogP contribution in [0, 0.1) is 12.8 Å². The van der Waals surface area contributed by atoms with E-state index in [1.54, 1.807) is 48.5 Å². The van der Waals surface area contributed by atoms with Gasteiger partial charge in [0.1, 0.15) is 102 Å². The van der Waals surface area contributed by atoms with Crippen molar-refractivity contribution in [1.82, 2.24) is 0 Å². The molecule has 0 aromatic heterocycles. The normalized spacial score (nSPS) is 47.7. The number of Topliss-reactive ketones (excluding diaryl/α,β-unsaturated/α-hetero) is 1. The summed E-state index contributed by atoms with van der Waals surface area (Å²) in [5.74, 6) is -7.69. The number of phenols is 1. The zero-order valence-electron chi connectivity index (χ0n) is 55.3. The fraction of sp³-hybridized carbons (Fsp3) is 0.852. The van der Waals surface area contributed by atoms with Gasteiger partial charge < -0.3 is 145 Å². The maximum absolute atomic E-state index is 13.6. The van der Waals surface area contributed by atoms with Gasteiger partial charge in [0.25, 0.3) is 5.97 Å². The quantitative estimate of drug-likeness (QED) is 0.0953. The molecule has 10 fully saturated rings. The lowest BCUT2D eigenvalue weighted by Gasteiger charge is -2.50. The first kappa shape index (κ1) is 74.2. The fourth-order valence-corrected chi connectivity index (χ4v) is 15.0. The Balaban J connectivity index is 0.732. The van der Waals surface area contributed by atoms with Crippen molar-refractivity contribution in [2.75, 3.05) is 48.4 Å². The summed E-state index contributed by atoms with van der Waals surface area (Å²) >= 11 is 12.5. The molecule has 10 aliphatic heterocycles. The third-order valence-corrected chi connectivity index (χ3v) is 20.4. The minimum atomic E-state index is -2.14. The minimum Gasteiger partial charge on any atom is -0.505 e. The number of hydrogen-bond donors (Lipinski definition) is 7. The Morgan fingerprint density at radius 3 is 1.98 bits per heavy atom. The summed E-state index contributed by atoms with van der Waals surface area (Å²) in [6.07, 6.45) is -36.9. The first-order chi connectivity index (χ1) is 45.3. The molecule has 33 nitrogen and oxygen atoms in total. The third kappa shape index (κ3) is 13.1. The number of fused-ring (bicyclic) bond motifs is 4. The summed E-state index contributed by atoms with van der Waals surface area (Å²) < 4.78 is 141. The van der Waals surface area contributed by atoms with Crippen LogP contribution in [0.4, 0.5) is 0 Å². The van der Waals surface area contributed by atoms with Gasteiger partial charge in [0.05, 0.1) is 80.4 Å². The molecule has 0 amide bonds. The molecule has 11 rings (SSSR count). The van der Waals surface area contributed by atoms with Crippen LogP contribution in [-0.2, 0) is 114 Å². The van der Waals surface area contributed by atoms with E-state index in [9.17, 15) is 50.1 Å². The molecule has 2 unspecified atom stereocenters. The topological polar surface area (TPSA) is 405 Å². The van der Waals surface area contributed by atoms with E-state index in [1.165, 1.54) is 49.2 Å². The largest absolute Gasteiger partial charge is 0.505 e. The van der Waals surface area contributed by atoms with E-state index in [0.29, 0.717) is 0 Å². The number of benzene rings is 1. The minimum absolute atomic E-state index is 0.122. The molecular formula is C61H88Cl2O33. The summed E-state index contributed by atoms with van der Waals surface area (Å²) in [5, 5.41) is 81.4. The van der Waals surface area contributed by atoms with Crippen LogP contribution in [-0.4, -0.2) is 297 Å². The number of esters is 2. The Hall–Kier alpha value is -3.03. The number of halogens is 2. The molecule has 96 heavy (non-hydrogen) atoms. The van der Waals surface area contributed by atoms with Crippen molar-refractivity contribution in [3.05, 3.63) is 21.2 Å². The van der Waals surface area contributed by atoms with E-state index in [4.69, 9.17) is 132 Å². The Morgan fingerprint density at radius 1 is 0.656 bits per heavy atom. The molecule has 10 aliphatic rings. The van der Waals surface area contributed by atoms with Crippen molar-refractivity contribution in [3.63, 3.8) is 0 Å². The lowest BCUT2D eigenvalue weighted by Crippen LogP contribution is -2.72. The number of phenolic OH excluding ortho intramolecular Hbond substituents is 1. The van der Waals surface area contributed by atoms with Gasteiger partial charge in [0.15, 0.2) is 66.4 Å². The van der Waals surface area contributed by atoms with Crippen LogP contribution in [0.3, 0.4) is 0 Å². The van der Waals surface area contributed by atoms with E-state index >= 15 is 0 Å². The number of ether oxygens (including phenoxy) is 23. The molecule has 1 aromatic rings. The van der Waals surface area contributed by atoms with Crippen LogP contribution in [0.15, 0.2) is 0 Å². The number of methoxy groups -OCH3 is 4. The van der Waals surface area contributed by atoms with Gasteiger partial charge in [-0.15, -0.1) is 0 Å². The molecule has 1 aromatic carbocycles. The lowest BCUT2D eigenvalue weighted by molar-refractivity contribution is -0.428. The van der Waals surface area contributed by atoms with Crippen molar-refractivity contribution in [3.8, 4) is 11.5 Å². The highest BCUT2D eigenvalue weighted by Gasteiger charge is 2.73. The predicted molar refractivity (Wildman–Crippen MR) is 314 cm³/mol. The third-order valence-electron chi connectivity index (χ3n) is 19.6. The van der Waals surface area contributed by atoms with Crippen LogP contribution in [0.25, 0.3) is 0 Å². The lowest BCUT2D eigenvalue weighted by atomic mass is 9.81. The Morgan fingerprint density at radius 2 is 1.33 bits per heavy atom. The second-order valence-corrected chi connectivity index (χ2v) is 27.0. The molecule has 0 bridgehead atoms. The highest BCUT2D eigenvalue weighted by molar-refractivity contribution is 6.39. The Labute approximate surface area is 562 Å². The molecular weight excluding hydrogens is 1330 g/mol. The zero-order valence-corrected chi connectivity index (χ0v) is 56.8. The summed E-state index contributed by atoms with van der Waals surface area (Å²) in [5.41, 5.74) is -3.87. The fourth-order valence-electron chi connectivity index (χ4n) is 14.5. The second kappa shape index (κ2) is 28.7. The molecule has 10 saturated heterocycles. The van der Waals surface area contributed by atoms with Gasteiger partial charge in [-0.3, -0.25) is 9.59 Å². The van der Waals surface area contributed by atoms with Gasteiger partial charge in [-0.1, -0.05) is 37.0 Å². The summed E-state index contributed by atoms with van der Waals surface area (Å²) in [6, 6.07) is 0. The van der Waals surface area contributed by atoms with Gasteiger partial charge in [-0.2, -0.15) is 0 Å². The highest BCUT2D eigenvalue weighted by Crippen LogP contribution is 2.53. The maximum Gasteiger partial charge on any atom is 0.342 e. The monoisotopic (exact) mass is 1420 g/mol. The molecule has 544 valence electrons. The smallest absolute Gasteiger partial charge is 0.342 e. The molecule has 0 radical (unpaired) electrons. The van der Waals surface area contributed by atoms with Crippen molar-refractivity contribution in [1.29, 1.82) is 0 Å². The van der Waals surface area contributed by atoms with Crippen LogP contribution < -0.4 is 4.74 Å². The van der Waals surface area contributed by atoms with Gasteiger partial charge in [0, 0.05) is 27.8 Å². The van der Waals surface area contributed by atoms with Crippen molar-refractivity contribution < 1.29 is 159 Å². The number of aliphatic hydroxyl groups is 6. The molecule has 32 atom stereocenters. The number of ketones is 1. The van der Waals surface area contributed by atoms with E-state index in [1.807, 2.05) is 0 Å². The molecule has 0 aliphatic carbocycles. The van der Waals surface area contributed by atoms with E-state index in [0.717, 1.165) is 0 Å². The van der Waals surface area contributed by atoms with Crippen molar-refractivity contribution >= 4 is 40.9 Å². The highest BCUT2D eigenvalue weighted by atomic mass is 35.5. The Kier molecular flexibility index (Phi) is 22.1. The number of carbonyl (C=O) groups excluding carboxylic acids is 3. The van der Waals surface area contributed by atoms with Crippen LogP contribution >= 0.6 is 23.2 Å². The van der Waals surface area contributed by atoms with Gasteiger partial charge in [-0.05, 0) is 61.0 Å². The standard InChI is InChI=1S/C61H88Cl2O33/c1-20(2)52(71)87-47-43-31(93-61(94-43)51-50(79-19-80-51)60(73,26(8)64)27(9)92-61)18-78-55(47)90-56-46(77-14)37(68)42(30(84-56)17-74-11)88-54-38(69)45(41(75-12)23(5)82-54)89-57-48(70)58(10)49(25(7)83-57)95-59(96-58)16-29(66)40(24(6)91-59)85-32-15-28(65)39(22(4)81-32)86-53(72)33-21(3)34(62)36(67)35(63)44(33)76-13/h20,22-25,27-32,37-43,45-51,54-57,65-70,73H,15-19H2,1-14H3/t22-,23-,24-,25-,27-,28-,29-,30-,31+,32+,37+,38-,39-,40-,41+,42-,43-,45-,46+,47-,48-,49-,50?,51-,54+,55+,56+,57+,58-,59?,60+,61-/m1/s1. The molecule has 35 heteroatoms. The number of aromatic hydroxyl groups is 1. The summed E-state index contributed by atoms with van der Waals surface area (Å²) in [6.45, 7) is 14.4. The number of aliphatic hydroxyl groups excluding tert-OH is 5. The van der Waals surface area contributed by atoms with Gasteiger partial charge in [0.2, 0.25) is 6.29 Å². The van der Waals surface area contributed by atoms with Gasteiger partial charge in [-0.25, -0.2) is 4.79 Å². The summed E-state index contributed by atoms with van der Waals surface area (Å²) in [7, 11) is 5.24. The molecule has 7 N–H and O–H groups in total. The summed E-state index contributed by atoms with van der Waals surface area (Å²) in [4.78, 5) is 39.8. The SMILES string of the molecule is COC[C@H]1O[C@@H](O[C@@H]2OC[C@@H]3O[C@]4(O[C@H]3[C@H]2OC(=O)C(C)C)O[C@H](C)[C@@](O)(C(C)=O)C2OCO[C@H]24)[C@@H](OC)[C@@H](O)[C@@H]1O[C@@H]1O[C@H](C)[C@H](OC)[C@H](O[C@@H]2O[C@H](C)[C@H]3OC4(C[C@@H](O)[C@H](O[C@H]5C[C@@H](O)[C@H](OC(=O)c6c(C)c(Cl)c(O)c(Cl)c6OC)[C@@H](C)O5)[C@@H](C)O4)O[C@]3(C)[C@@H]2O)[C@H]1O. The average molecular weight is 1420 g/mol. The number of carbonyl (C=O) groups is 3. The first-order valence-electron chi connectivity index (χ1n) is 31.8. The second-order valence-electron chi connectivity index (χ2n) is 26.3. The van der Waals surface area contributed by atoms with Crippen LogP contribution in [0.5, 0.6) is 11.5 Å². The van der Waals surface area contributed by atoms with Crippen molar-refractivity contribution in [2.45, 2.75) is 277 Å². The number of hydrogen-bond acceptors (Lipinski definition) is 33. The average Bonchev–Trinajstić information content (AvgIpc) is 1.54. The number of rotatable bonds is 18. The predicted octanol–water partition coefficient (Wildman–Crippen LogP) is 0.0228. The van der Waals surface area contributed by atoms with Crippen molar-refractivity contribution in [2.24, 2.45) is 5.92 Å². The van der Waals surface area contributed by atoms with Gasteiger partial charge >= 0.3 is 17.9 Å². The van der Waals surface area contributed by atoms with E-state index < -0.39 is 224 Å². The van der Waals surface area contributed by atoms with Crippen LogP contribution in [0.2, 0.25) is 10.0 Å². The maximum atomic E-state index is 13.6. The first-order valence-corrected chi connectivity index (χ1v) is 32.6. The molecule has 10 heterocycles. The zero-order chi connectivity index (χ0) is 69.7. The van der Waals surface area contributed by atoms with Crippen LogP contribution in [0.1, 0.15) is 91.1 Å².